The monoisotopic (exact) mass is 262 g/mol. The van der Waals surface area contributed by atoms with Crippen LogP contribution in [0.5, 0.6) is 0 Å². The molecule has 8 heteroatoms. The standard InChI is InChI=1S/C10H6N4O3S/c1-6-12-13-10(17-6)18-8-3-2-7(5-11)9(4-8)14(15)16/h2-4H,1H3. The molecule has 2 aromatic rings. The molecule has 0 saturated carbocycles. The topological polar surface area (TPSA) is 106 Å². The predicted molar refractivity (Wildman–Crippen MR) is 61.0 cm³/mol. The lowest BCUT2D eigenvalue weighted by molar-refractivity contribution is -0.385. The first-order chi connectivity index (χ1) is 8.60. The molecule has 0 aliphatic heterocycles. The predicted octanol–water partition coefficient (Wildman–Crippen LogP) is 2.31. The second kappa shape index (κ2) is 4.85. The molecule has 0 fully saturated rings. The van der Waals surface area contributed by atoms with Crippen molar-refractivity contribution in [3.05, 3.63) is 39.8 Å². The fraction of sp³-hybridized carbons (Fsp3) is 0.100. The summed E-state index contributed by atoms with van der Waals surface area (Å²) in [6.07, 6.45) is 0. The number of nitro groups is 1. The number of aromatic nitrogens is 2. The van der Waals surface area contributed by atoms with Crippen LogP contribution in [-0.2, 0) is 0 Å². The van der Waals surface area contributed by atoms with Crippen LogP contribution >= 0.6 is 11.8 Å². The zero-order chi connectivity index (χ0) is 13.1. The Bertz CT molecular complexity index is 647. The van der Waals surface area contributed by atoms with E-state index in [9.17, 15) is 10.1 Å². The maximum absolute atomic E-state index is 10.8. The minimum Gasteiger partial charge on any atom is -0.416 e. The van der Waals surface area contributed by atoms with Crippen LogP contribution in [0.1, 0.15) is 11.5 Å². The molecule has 0 bridgehead atoms. The van der Waals surface area contributed by atoms with Gasteiger partial charge in [0.1, 0.15) is 11.6 Å². The zero-order valence-corrected chi connectivity index (χ0v) is 9.97. The van der Waals surface area contributed by atoms with Crippen molar-refractivity contribution in [2.24, 2.45) is 0 Å². The normalized spacial score (nSPS) is 10.0. The van der Waals surface area contributed by atoms with Gasteiger partial charge >= 0.3 is 0 Å². The van der Waals surface area contributed by atoms with E-state index >= 15 is 0 Å². The molecule has 0 atom stereocenters. The number of nitriles is 1. The Labute approximate surface area is 106 Å². The summed E-state index contributed by atoms with van der Waals surface area (Å²) in [6.45, 7) is 1.65. The summed E-state index contributed by atoms with van der Waals surface area (Å²) < 4.78 is 5.15. The molecule has 0 radical (unpaired) electrons. The highest BCUT2D eigenvalue weighted by Gasteiger charge is 2.15. The average Bonchev–Trinajstić information content (AvgIpc) is 2.74. The van der Waals surface area contributed by atoms with Crippen LogP contribution in [0, 0.1) is 28.4 Å². The van der Waals surface area contributed by atoms with Gasteiger partial charge in [-0.15, -0.1) is 10.2 Å². The van der Waals surface area contributed by atoms with Gasteiger partial charge in [0, 0.05) is 17.9 Å². The highest BCUT2D eigenvalue weighted by atomic mass is 32.2. The van der Waals surface area contributed by atoms with Crippen LogP contribution in [0.15, 0.2) is 32.7 Å². The van der Waals surface area contributed by atoms with Crippen LogP contribution in [0.25, 0.3) is 0 Å². The maximum Gasteiger partial charge on any atom is 0.288 e. The number of hydrogen-bond acceptors (Lipinski definition) is 7. The largest absolute Gasteiger partial charge is 0.416 e. The van der Waals surface area contributed by atoms with Gasteiger partial charge in [-0.25, -0.2) is 0 Å². The van der Waals surface area contributed by atoms with E-state index in [1.54, 1.807) is 19.1 Å². The van der Waals surface area contributed by atoms with Crippen molar-refractivity contribution in [2.75, 3.05) is 0 Å². The van der Waals surface area contributed by atoms with Crippen molar-refractivity contribution in [1.82, 2.24) is 10.2 Å². The Morgan fingerprint density at radius 1 is 1.50 bits per heavy atom. The molecule has 90 valence electrons. The summed E-state index contributed by atoms with van der Waals surface area (Å²) in [4.78, 5) is 10.7. The molecule has 0 saturated heterocycles. The van der Waals surface area contributed by atoms with Gasteiger partial charge in [-0.3, -0.25) is 10.1 Å². The summed E-state index contributed by atoms with van der Waals surface area (Å²) in [5, 5.41) is 27.2. The van der Waals surface area contributed by atoms with Crippen LogP contribution in [0.2, 0.25) is 0 Å². The first-order valence-electron chi connectivity index (χ1n) is 4.76. The summed E-state index contributed by atoms with van der Waals surface area (Å²) in [5.41, 5.74) is -0.218. The third kappa shape index (κ3) is 2.46. The van der Waals surface area contributed by atoms with Crippen molar-refractivity contribution in [1.29, 1.82) is 5.26 Å². The molecule has 0 spiro atoms. The molecule has 7 nitrogen and oxygen atoms in total. The van der Waals surface area contributed by atoms with Gasteiger partial charge in [-0.2, -0.15) is 5.26 Å². The molecule has 0 N–H and O–H groups in total. The average molecular weight is 262 g/mol. The third-order valence-electron chi connectivity index (χ3n) is 2.00. The van der Waals surface area contributed by atoms with Gasteiger partial charge in [-0.1, -0.05) is 0 Å². The Kier molecular flexibility index (Phi) is 3.25. The quantitative estimate of drug-likeness (QED) is 0.617. The van der Waals surface area contributed by atoms with E-state index in [0.29, 0.717) is 16.0 Å². The molecule has 2 rings (SSSR count). The van der Waals surface area contributed by atoms with Crippen LogP contribution in [0.3, 0.4) is 0 Å². The van der Waals surface area contributed by atoms with E-state index in [2.05, 4.69) is 10.2 Å². The Balaban J connectivity index is 2.33. The molecule has 1 aromatic carbocycles. The second-order valence-corrected chi connectivity index (χ2v) is 4.26. The fourth-order valence-corrected chi connectivity index (χ4v) is 1.99. The molecule has 1 aromatic heterocycles. The van der Waals surface area contributed by atoms with E-state index in [4.69, 9.17) is 9.68 Å². The molecule has 0 aliphatic rings. The van der Waals surface area contributed by atoms with Crippen molar-refractivity contribution in [2.45, 2.75) is 17.0 Å². The zero-order valence-electron chi connectivity index (χ0n) is 9.15. The highest BCUT2D eigenvalue weighted by molar-refractivity contribution is 7.99. The Morgan fingerprint density at radius 3 is 2.83 bits per heavy atom. The van der Waals surface area contributed by atoms with E-state index in [1.807, 2.05) is 0 Å². The molecule has 1 heterocycles. The van der Waals surface area contributed by atoms with Gasteiger partial charge < -0.3 is 4.42 Å². The lowest BCUT2D eigenvalue weighted by Gasteiger charge is -1.98. The fourth-order valence-electron chi connectivity index (χ4n) is 1.24. The van der Waals surface area contributed by atoms with Crippen LogP contribution in [0.4, 0.5) is 5.69 Å². The van der Waals surface area contributed by atoms with Crippen LogP contribution < -0.4 is 0 Å². The van der Waals surface area contributed by atoms with E-state index < -0.39 is 4.92 Å². The van der Waals surface area contributed by atoms with E-state index in [-0.39, 0.29) is 11.3 Å². The van der Waals surface area contributed by atoms with Crippen molar-refractivity contribution in [3.8, 4) is 6.07 Å². The van der Waals surface area contributed by atoms with Crippen molar-refractivity contribution in [3.63, 3.8) is 0 Å². The minimum absolute atomic E-state index is 0.0195. The van der Waals surface area contributed by atoms with Crippen molar-refractivity contribution < 1.29 is 9.34 Å². The molecular weight excluding hydrogens is 256 g/mol. The number of hydrogen-bond donors (Lipinski definition) is 0. The molecule has 0 aliphatic carbocycles. The Hall–Kier alpha value is -2.40. The van der Waals surface area contributed by atoms with Gasteiger partial charge in [0.15, 0.2) is 0 Å². The van der Waals surface area contributed by atoms with Crippen LogP contribution in [-0.4, -0.2) is 15.1 Å². The highest BCUT2D eigenvalue weighted by Crippen LogP contribution is 2.30. The summed E-state index contributed by atoms with van der Waals surface area (Å²) >= 11 is 1.11. The summed E-state index contributed by atoms with van der Waals surface area (Å²) in [7, 11) is 0. The lowest BCUT2D eigenvalue weighted by atomic mass is 10.2. The molecule has 0 amide bonds. The van der Waals surface area contributed by atoms with Gasteiger partial charge in [0.25, 0.3) is 10.9 Å². The lowest BCUT2D eigenvalue weighted by Crippen LogP contribution is -1.92. The molecular formula is C10H6N4O3S. The number of nitro benzene ring substituents is 1. The minimum atomic E-state index is -0.596. The van der Waals surface area contributed by atoms with E-state index in [1.165, 1.54) is 12.1 Å². The van der Waals surface area contributed by atoms with Gasteiger partial charge in [0.05, 0.1) is 4.92 Å². The summed E-state index contributed by atoms with van der Waals surface area (Å²) in [6, 6.07) is 6.06. The number of aryl methyl sites for hydroxylation is 1. The van der Waals surface area contributed by atoms with Crippen molar-refractivity contribution >= 4 is 17.4 Å². The Morgan fingerprint density at radius 2 is 2.28 bits per heavy atom. The van der Waals surface area contributed by atoms with Gasteiger partial charge in [-0.05, 0) is 23.9 Å². The third-order valence-corrected chi connectivity index (χ3v) is 2.83. The number of rotatable bonds is 3. The summed E-state index contributed by atoms with van der Waals surface area (Å²) in [5.74, 6) is 0.417. The van der Waals surface area contributed by atoms with Gasteiger partial charge in [0.2, 0.25) is 5.89 Å². The maximum atomic E-state index is 10.8. The number of nitrogens with zero attached hydrogens (tertiary/aromatic N) is 4. The first kappa shape index (κ1) is 12.1. The SMILES string of the molecule is Cc1nnc(Sc2ccc(C#N)c([N+](=O)[O-])c2)o1. The second-order valence-electron chi connectivity index (χ2n) is 3.24. The number of benzene rings is 1. The van der Waals surface area contributed by atoms with E-state index in [0.717, 1.165) is 11.8 Å². The smallest absolute Gasteiger partial charge is 0.288 e. The molecule has 0 unspecified atom stereocenters. The first-order valence-corrected chi connectivity index (χ1v) is 5.58. The molecule has 18 heavy (non-hydrogen) atoms.